The summed E-state index contributed by atoms with van der Waals surface area (Å²) in [6.45, 7) is 7.04. The van der Waals surface area contributed by atoms with E-state index in [1.165, 1.54) is 0 Å². The average molecular weight is 383 g/mol. The van der Waals surface area contributed by atoms with Crippen LogP contribution in [0.1, 0.15) is 28.7 Å². The van der Waals surface area contributed by atoms with Gasteiger partial charge in [-0.3, -0.25) is 9.20 Å². The van der Waals surface area contributed by atoms with Gasteiger partial charge < -0.3 is 9.80 Å². The molecule has 2 aromatic heterocycles. The SMILES string of the molecule is CCc1nc2c(C)cccn2c1C(=O)N1CCN(c2cccc(Cl)c2)CC1. The second-order valence-corrected chi connectivity index (χ2v) is 7.34. The number of rotatable bonds is 3. The smallest absolute Gasteiger partial charge is 0.272 e. The van der Waals surface area contributed by atoms with Crippen LogP contribution < -0.4 is 4.90 Å². The van der Waals surface area contributed by atoms with Crippen LogP contribution in [0.5, 0.6) is 0 Å². The van der Waals surface area contributed by atoms with Gasteiger partial charge in [-0.05, 0) is 43.2 Å². The highest BCUT2D eigenvalue weighted by atomic mass is 35.5. The number of amides is 1. The first-order valence-electron chi connectivity index (χ1n) is 9.35. The largest absolute Gasteiger partial charge is 0.368 e. The Kier molecular flexibility index (Phi) is 4.79. The van der Waals surface area contributed by atoms with Gasteiger partial charge in [-0.25, -0.2) is 4.98 Å². The molecule has 4 rings (SSSR count). The Bertz CT molecular complexity index is 989. The van der Waals surface area contributed by atoms with Crippen LogP contribution in [-0.4, -0.2) is 46.4 Å². The van der Waals surface area contributed by atoms with E-state index in [0.29, 0.717) is 18.8 Å². The number of carbonyl (C=O) groups is 1. The number of hydrogen-bond donors (Lipinski definition) is 0. The Labute approximate surface area is 164 Å². The molecule has 1 aromatic carbocycles. The monoisotopic (exact) mass is 382 g/mol. The Morgan fingerprint density at radius 3 is 2.63 bits per heavy atom. The zero-order chi connectivity index (χ0) is 19.0. The highest BCUT2D eigenvalue weighted by Crippen LogP contribution is 2.23. The fourth-order valence-electron chi connectivity index (χ4n) is 3.71. The predicted octanol–water partition coefficient (Wildman–Crippen LogP) is 3.82. The van der Waals surface area contributed by atoms with E-state index < -0.39 is 0 Å². The number of benzene rings is 1. The van der Waals surface area contributed by atoms with E-state index in [1.54, 1.807) is 0 Å². The maximum Gasteiger partial charge on any atom is 0.272 e. The number of fused-ring (bicyclic) bond motifs is 1. The third-order valence-electron chi connectivity index (χ3n) is 5.20. The van der Waals surface area contributed by atoms with Gasteiger partial charge in [-0.15, -0.1) is 0 Å². The van der Waals surface area contributed by atoms with Crippen molar-refractivity contribution in [3.05, 3.63) is 64.6 Å². The van der Waals surface area contributed by atoms with Crippen molar-refractivity contribution in [1.82, 2.24) is 14.3 Å². The maximum absolute atomic E-state index is 13.3. The molecule has 0 N–H and O–H groups in total. The number of halogens is 1. The molecule has 1 saturated heterocycles. The number of aryl methyl sites for hydroxylation is 2. The van der Waals surface area contributed by atoms with Crippen molar-refractivity contribution < 1.29 is 4.79 Å². The van der Waals surface area contributed by atoms with Crippen molar-refractivity contribution in [3.63, 3.8) is 0 Å². The Morgan fingerprint density at radius 2 is 1.93 bits per heavy atom. The van der Waals surface area contributed by atoms with Crippen LogP contribution in [0.25, 0.3) is 5.65 Å². The van der Waals surface area contributed by atoms with Crippen molar-refractivity contribution in [3.8, 4) is 0 Å². The third kappa shape index (κ3) is 3.28. The lowest BCUT2D eigenvalue weighted by Gasteiger charge is -2.36. The van der Waals surface area contributed by atoms with E-state index in [-0.39, 0.29) is 5.91 Å². The summed E-state index contributed by atoms with van der Waals surface area (Å²) in [5, 5.41) is 0.736. The number of imidazole rings is 1. The summed E-state index contributed by atoms with van der Waals surface area (Å²) in [6.07, 6.45) is 2.68. The van der Waals surface area contributed by atoms with Crippen LogP contribution in [-0.2, 0) is 6.42 Å². The minimum atomic E-state index is 0.0655. The van der Waals surface area contributed by atoms with Crippen LogP contribution in [0.4, 0.5) is 5.69 Å². The van der Waals surface area contributed by atoms with Crippen LogP contribution in [0.2, 0.25) is 5.02 Å². The van der Waals surface area contributed by atoms with E-state index in [9.17, 15) is 4.79 Å². The highest BCUT2D eigenvalue weighted by molar-refractivity contribution is 6.30. The van der Waals surface area contributed by atoms with Gasteiger partial charge in [0.1, 0.15) is 11.3 Å². The van der Waals surface area contributed by atoms with E-state index in [0.717, 1.165) is 47.1 Å². The first kappa shape index (κ1) is 17.9. The quantitative estimate of drug-likeness (QED) is 0.691. The Balaban J connectivity index is 1.56. The second kappa shape index (κ2) is 7.24. The fourth-order valence-corrected chi connectivity index (χ4v) is 3.90. The second-order valence-electron chi connectivity index (χ2n) is 6.90. The van der Waals surface area contributed by atoms with E-state index >= 15 is 0 Å². The van der Waals surface area contributed by atoms with Crippen LogP contribution in [0.15, 0.2) is 42.6 Å². The third-order valence-corrected chi connectivity index (χ3v) is 5.43. The number of aromatic nitrogens is 2. The van der Waals surface area contributed by atoms with Crippen molar-refractivity contribution in [2.24, 2.45) is 0 Å². The standard InChI is InChI=1S/C21H23ClN4O/c1-3-18-19(26-9-5-6-15(2)20(26)23-18)21(27)25-12-10-24(11-13-25)17-8-4-7-16(22)14-17/h4-9,14H,3,10-13H2,1-2H3. The molecule has 0 aliphatic carbocycles. The molecule has 1 fully saturated rings. The summed E-state index contributed by atoms with van der Waals surface area (Å²) in [4.78, 5) is 22.2. The van der Waals surface area contributed by atoms with Gasteiger partial charge in [0.15, 0.2) is 0 Å². The summed E-state index contributed by atoms with van der Waals surface area (Å²) in [6, 6.07) is 11.9. The molecular weight excluding hydrogens is 360 g/mol. The molecule has 0 radical (unpaired) electrons. The lowest BCUT2D eigenvalue weighted by molar-refractivity contribution is 0.0738. The zero-order valence-electron chi connectivity index (χ0n) is 15.7. The lowest BCUT2D eigenvalue weighted by atomic mass is 10.2. The molecule has 0 bridgehead atoms. The number of hydrogen-bond acceptors (Lipinski definition) is 3. The Morgan fingerprint density at radius 1 is 1.15 bits per heavy atom. The normalized spacial score (nSPS) is 14.8. The predicted molar refractivity (Wildman–Crippen MR) is 109 cm³/mol. The van der Waals surface area contributed by atoms with E-state index in [1.807, 2.05) is 59.7 Å². The van der Waals surface area contributed by atoms with Crippen molar-refractivity contribution in [2.75, 3.05) is 31.1 Å². The molecule has 5 nitrogen and oxygen atoms in total. The molecule has 1 aliphatic rings. The first-order valence-corrected chi connectivity index (χ1v) is 9.72. The molecule has 0 atom stereocenters. The van der Waals surface area contributed by atoms with Gasteiger partial charge in [0.05, 0.1) is 5.69 Å². The molecule has 0 saturated carbocycles. The van der Waals surface area contributed by atoms with Crippen LogP contribution in [0.3, 0.4) is 0 Å². The van der Waals surface area contributed by atoms with Crippen molar-refractivity contribution >= 4 is 28.8 Å². The first-order chi connectivity index (χ1) is 13.1. The van der Waals surface area contributed by atoms with Gasteiger partial charge in [0, 0.05) is 43.1 Å². The van der Waals surface area contributed by atoms with Gasteiger partial charge in [-0.2, -0.15) is 0 Å². The van der Waals surface area contributed by atoms with Crippen LogP contribution in [0, 0.1) is 6.92 Å². The molecule has 140 valence electrons. The molecule has 27 heavy (non-hydrogen) atoms. The fraction of sp³-hybridized carbons (Fsp3) is 0.333. The van der Waals surface area contributed by atoms with Gasteiger partial charge in [0.2, 0.25) is 0 Å². The minimum absolute atomic E-state index is 0.0655. The Hall–Kier alpha value is -2.53. The zero-order valence-corrected chi connectivity index (χ0v) is 16.4. The number of nitrogens with zero attached hydrogens (tertiary/aromatic N) is 4. The number of pyridine rings is 1. The summed E-state index contributed by atoms with van der Waals surface area (Å²) >= 11 is 6.11. The van der Waals surface area contributed by atoms with Crippen molar-refractivity contribution in [1.29, 1.82) is 0 Å². The molecule has 1 aliphatic heterocycles. The molecule has 1 amide bonds. The van der Waals surface area contributed by atoms with Crippen molar-refractivity contribution in [2.45, 2.75) is 20.3 Å². The van der Waals surface area contributed by atoms with E-state index in [4.69, 9.17) is 16.6 Å². The summed E-state index contributed by atoms with van der Waals surface area (Å²) in [5.41, 5.74) is 4.63. The summed E-state index contributed by atoms with van der Waals surface area (Å²) in [5.74, 6) is 0.0655. The summed E-state index contributed by atoms with van der Waals surface area (Å²) < 4.78 is 1.94. The minimum Gasteiger partial charge on any atom is -0.368 e. The van der Waals surface area contributed by atoms with Crippen LogP contribution >= 0.6 is 11.6 Å². The number of anilines is 1. The molecular formula is C21H23ClN4O. The van der Waals surface area contributed by atoms with Gasteiger partial charge >= 0.3 is 0 Å². The number of carbonyl (C=O) groups excluding carboxylic acids is 1. The van der Waals surface area contributed by atoms with Gasteiger partial charge in [0.25, 0.3) is 5.91 Å². The summed E-state index contributed by atoms with van der Waals surface area (Å²) in [7, 11) is 0. The highest BCUT2D eigenvalue weighted by Gasteiger charge is 2.27. The lowest BCUT2D eigenvalue weighted by Crippen LogP contribution is -2.49. The molecule has 3 aromatic rings. The molecule has 0 unspecified atom stereocenters. The topological polar surface area (TPSA) is 40.9 Å². The maximum atomic E-state index is 13.3. The van der Waals surface area contributed by atoms with Gasteiger partial charge in [-0.1, -0.05) is 30.7 Å². The average Bonchev–Trinajstić information content (AvgIpc) is 3.07. The molecule has 6 heteroatoms. The number of piperazine rings is 1. The molecule has 0 spiro atoms. The molecule has 3 heterocycles. The van der Waals surface area contributed by atoms with E-state index in [2.05, 4.69) is 11.0 Å².